The quantitative estimate of drug-likeness (QED) is 0.276. The fourth-order valence-corrected chi connectivity index (χ4v) is 4.51. The van der Waals surface area contributed by atoms with Crippen molar-refractivity contribution in [2.75, 3.05) is 6.54 Å². The van der Waals surface area contributed by atoms with Gasteiger partial charge in [-0.1, -0.05) is 30.5 Å². The number of amides is 3. The molecule has 33 heavy (non-hydrogen) atoms. The summed E-state index contributed by atoms with van der Waals surface area (Å²) < 4.78 is 0. The second kappa shape index (κ2) is 9.11. The molecule has 1 aliphatic carbocycles. The lowest BCUT2D eigenvalue weighted by Crippen LogP contribution is -2.52. The van der Waals surface area contributed by atoms with Crippen LogP contribution in [0.25, 0.3) is 0 Å². The van der Waals surface area contributed by atoms with Crippen molar-refractivity contribution < 1.29 is 24.1 Å². The van der Waals surface area contributed by atoms with Gasteiger partial charge in [-0.15, -0.1) is 0 Å². The third-order valence-electron chi connectivity index (χ3n) is 6.06. The molecule has 1 heterocycles. The van der Waals surface area contributed by atoms with Crippen molar-refractivity contribution in [3.8, 4) is 0 Å². The van der Waals surface area contributed by atoms with Crippen LogP contribution in [0.3, 0.4) is 0 Å². The maximum Gasteiger partial charge on any atom is 0.273 e. The molecule has 2 fully saturated rings. The standard InChI is InChI=1S/C23H20ClN3O6/c24-16-10-8-14(9-11-16)20(28)13-25(21(29)15-4-3-5-17(12-15)27(32)33)26-22(30)18-6-1-2-7-19(18)23(26)31/h3-5,8-12,18-19H,1-2,6-7,13H2. The number of hydrogen-bond donors (Lipinski definition) is 0. The first kappa shape index (κ1) is 22.6. The summed E-state index contributed by atoms with van der Waals surface area (Å²) in [5.74, 6) is -3.46. The molecule has 1 saturated carbocycles. The highest BCUT2D eigenvalue weighted by molar-refractivity contribution is 6.30. The first-order chi connectivity index (χ1) is 15.8. The molecule has 2 aromatic carbocycles. The van der Waals surface area contributed by atoms with E-state index in [0.29, 0.717) is 17.9 Å². The van der Waals surface area contributed by atoms with Crippen LogP contribution >= 0.6 is 11.6 Å². The van der Waals surface area contributed by atoms with E-state index in [0.717, 1.165) is 28.9 Å². The van der Waals surface area contributed by atoms with E-state index in [9.17, 15) is 29.3 Å². The Morgan fingerprint density at radius 3 is 2.18 bits per heavy atom. The molecule has 1 aliphatic heterocycles. The molecule has 0 spiro atoms. The first-order valence-corrected chi connectivity index (χ1v) is 10.9. The van der Waals surface area contributed by atoms with E-state index in [1.165, 1.54) is 42.5 Å². The van der Waals surface area contributed by atoms with Crippen molar-refractivity contribution in [3.05, 3.63) is 74.8 Å². The van der Waals surface area contributed by atoms with E-state index in [1.54, 1.807) is 0 Å². The number of hydrazine groups is 1. The Morgan fingerprint density at radius 2 is 1.61 bits per heavy atom. The first-order valence-electron chi connectivity index (χ1n) is 10.5. The summed E-state index contributed by atoms with van der Waals surface area (Å²) >= 11 is 5.88. The summed E-state index contributed by atoms with van der Waals surface area (Å²) in [7, 11) is 0. The zero-order valence-electron chi connectivity index (χ0n) is 17.5. The van der Waals surface area contributed by atoms with Gasteiger partial charge >= 0.3 is 0 Å². The van der Waals surface area contributed by atoms with Gasteiger partial charge in [0.2, 0.25) is 0 Å². The third kappa shape index (κ3) is 4.36. The number of non-ortho nitro benzene ring substituents is 1. The Kier molecular flexibility index (Phi) is 6.24. The summed E-state index contributed by atoms with van der Waals surface area (Å²) in [6.07, 6.45) is 2.68. The van der Waals surface area contributed by atoms with Crippen molar-refractivity contribution in [1.29, 1.82) is 0 Å². The van der Waals surface area contributed by atoms with Crippen molar-refractivity contribution in [2.24, 2.45) is 11.8 Å². The van der Waals surface area contributed by atoms with Crippen LogP contribution in [0.15, 0.2) is 48.5 Å². The van der Waals surface area contributed by atoms with Gasteiger partial charge in [-0.25, -0.2) is 5.01 Å². The molecule has 2 aromatic rings. The number of carbonyl (C=O) groups excluding carboxylic acids is 4. The minimum Gasteiger partial charge on any atom is -0.292 e. The minimum atomic E-state index is -0.846. The van der Waals surface area contributed by atoms with Gasteiger partial charge in [0, 0.05) is 28.3 Å². The third-order valence-corrected chi connectivity index (χ3v) is 6.31. The Morgan fingerprint density at radius 1 is 1.00 bits per heavy atom. The summed E-state index contributed by atoms with van der Waals surface area (Å²) in [6, 6.07) is 10.9. The number of carbonyl (C=O) groups is 4. The van der Waals surface area contributed by atoms with Crippen molar-refractivity contribution >= 4 is 40.8 Å². The molecular weight excluding hydrogens is 450 g/mol. The number of fused-ring (bicyclic) bond motifs is 1. The second-order valence-electron chi connectivity index (χ2n) is 8.09. The maximum absolute atomic E-state index is 13.4. The molecule has 10 heteroatoms. The van der Waals surface area contributed by atoms with Gasteiger partial charge in [0.15, 0.2) is 5.78 Å². The van der Waals surface area contributed by atoms with Gasteiger partial charge in [0.05, 0.1) is 16.8 Å². The number of rotatable bonds is 6. The summed E-state index contributed by atoms with van der Waals surface area (Å²) in [4.78, 5) is 63.2. The molecular formula is C23H20ClN3O6. The van der Waals surface area contributed by atoms with Crippen molar-refractivity contribution in [2.45, 2.75) is 25.7 Å². The van der Waals surface area contributed by atoms with Crippen LogP contribution in [0.5, 0.6) is 0 Å². The summed E-state index contributed by atoms with van der Waals surface area (Å²) in [6.45, 7) is -0.583. The highest BCUT2D eigenvalue weighted by Gasteiger charge is 2.51. The molecule has 1 saturated heterocycles. The van der Waals surface area contributed by atoms with E-state index in [1.807, 2.05) is 0 Å². The van der Waals surface area contributed by atoms with Crippen LogP contribution in [-0.4, -0.2) is 45.0 Å². The zero-order chi connectivity index (χ0) is 23.7. The molecule has 0 bridgehead atoms. The van der Waals surface area contributed by atoms with E-state index < -0.39 is 46.8 Å². The number of ketones is 1. The van der Waals surface area contributed by atoms with Crippen LogP contribution in [0.4, 0.5) is 5.69 Å². The molecule has 2 atom stereocenters. The molecule has 2 unspecified atom stereocenters. The number of nitro benzene ring substituents is 1. The van der Waals surface area contributed by atoms with Gasteiger partial charge in [0.25, 0.3) is 23.4 Å². The zero-order valence-corrected chi connectivity index (χ0v) is 18.2. The molecule has 0 aromatic heterocycles. The van der Waals surface area contributed by atoms with Crippen molar-refractivity contribution in [1.82, 2.24) is 10.0 Å². The normalized spacial score (nSPS) is 19.8. The topological polar surface area (TPSA) is 118 Å². The Labute approximate surface area is 194 Å². The summed E-state index contributed by atoms with van der Waals surface area (Å²) in [5.41, 5.74) is -0.186. The minimum absolute atomic E-state index is 0.108. The number of nitro groups is 1. The molecule has 3 amide bonds. The van der Waals surface area contributed by atoms with Gasteiger partial charge in [-0.3, -0.25) is 29.3 Å². The van der Waals surface area contributed by atoms with Crippen LogP contribution in [0, 0.1) is 22.0 Å². The molecule has 0 radical (unpaired) electrons. The Balaban J connectivity index is 1.71. The second-order valence-corrected chi connectivity index (χ2v) is 8.52. The number of hydrogen-bond acceptors (Lipinski definition) is 6. The lowest BCUT2D eigenvalue weighted by Gasteiger charge is -2.30. The predicted octanol–water partition coefficient (Wildman–Crippen LogP) is 3.66. The van der Waals surface area contributed by atoms with Crippen LogP contribution in [0.1, 0.15) is 46.4 Å². The average Bonchev–Trinajstić information content (AvgIpc) is 3.07. The number of nitrogens with zero attached hydrogens (tertiary/aromatic N) is 3. The fraction of sp³-hybridized carbons (Fsp3) is 0.304. The Hall–Kier alpha value is -3.59. The van der Waals surface area contributed by atoms with E-state index >= 15 is 0 Å². The molecule has 4 rings (SSSR count). The van der Waals surface area contributed by atoms with Gasteiger partial charge < -0.3 is 0 Å². The molecule has 2 aliphatic rings. The summed E-state index contributed by atoms with van der Waals surface area (Å²) in [5, 5.41) is 13.2. The SMILES string of the molecule is O=C(CN(C(=O)c1cccc([N+](=O)[O-])c1)N1C(=O)C2CCCCC2C1=O)c1ccc(Cl)cc1. The number of benzene rings is 2. The van der Waals surface area contributed by atoms with E-state index in [2.05, 4.69) is 0 Å². The fourth-order valence-electron chi connectivity index (χ4n) is 4.38. The van der Waals surface area contributed by atoms with Crippen LogP contribution in [0.2, 0.25) is 5.02 Å². The largest absolute Gasteiger partial charge is 0.292 e. The maximum atomic E-state index is 13.4. The number of halogens is 1. The van der Waals surface area contributed by atoms with Gasteiger partial charge in [0.1, 0.15) is 6.54 Å². The van der Waals surface area contributed by atoms with Crippen molar-refractivity contribution in [3.63, 3.8) is 0 Å². The van der Waals surface area contributed by atoms with Gasteiger partial charge in [-0.05, 0) is 43.2 Å². The monoisotopic (exact) mass is 469 g/mol. The van der Waals surface area contributed by atoms with E-state index in [4.69, 9.17) is 11.6 Å². The molecule has 170 valence electrons. The number of imide groups is 1. The molecule has 9 nitrogen and oxygen atoms in total. The lowest BCUT2D eigenvalue weighted by atomic mass is 9.81. The van der Waals surface area contributed by atoms with E-state index in [-0.39, 0.29) is 16.8 Å². The highest BCUT2D eigenvalue weighted by Crippen LogP contribution is 2.39. The smallest absolute Gasteiger partial charge is 0.273 e. The van der Waals surface area contributed by atoms with Crippen LogP contribution in [-0.2, 0) is 9.59 Å². The predicted molar refractivity (Wildman–Crippen MR) is 117 cm³/mol. The van der Waals surface area contributed by atoms with Gasteiger partial charge in [-0.2, -0.15) is 5.01 Å². The lowest BCUT2D eigenvalue weighted by molar-refractivity contribution is -0.384. The Bertz CT molecular complexity index is 1130. The average molecular weight is 470 g/mol. The number of Topliss-reactive ketones (excluding diaryl/α,β-unsaturated/α-hetero) is 1. The molecule has 0 N–H and O–H groups in total. The van der Waals surface area contributed by atoms with Crippen LogP contribution < -0.4 is 0 Å². The highest BCUT2D eigenvalue weighted by atomic mass is 35.5.